The number of para-hydroxylation sites is 1. The van der Waals surface area contributed by atoms with Crippen LogP contribution in [0.2, 0.25) is 0 Å². The van der Waals surface area contributed by atoms with Crippen molar-refractivity contribution in [2.45, 2.75) is 12.8 Å². The highest BCUT2D eigenvalue weighted by atomic mass is 16.5. The lowest BCUT2D eigenvalue weighted by molar-refractivity contribution is -0.130. The predicted octanol–water partition coefficient (Wildman–Crippen LogP) is 3.05. The van der Waals surface area contributed by atoms with Crippen LogP contribution in [-0.4, -0.2) is 30.5 Å². The summed E-state index contributed by atoms with van der Waals surface area (Å²) in [5.74, 6) is 0.945. The van der Waals surface area contributed by atoms with Gasteiger partial charge >= 0.3 is 0 Å². The first-order chi connectivity index (χ1) is 9.27. The Hall–Kier alpha value is -2.03. The van der Waals surface area contributed by atoms with E-state index in [1.807, 2.05) is 30.3 Å². The van der Waals surface area contributed by atoms with Gasteiger partial charge in [0.25, 0.3) is 0 Å². The van der Waals surface area contributed by atoms with Gasteiger partial charge in [0.05, 0.1) is 6.61 Å². The fourth-order valence-corrected chi connectivity index (χ4v) is 1.68. The van der Waals surface area contributed by atoms with Gasteiger partial charge in [0.1, 0.15) is 5.75 Å². The number of ether oxygens (including phenoxy) is 1. The molecule has 0 N–H and O–H groups in total. The number of hydrogen-bond donors (Lipinski definition) is 0. The molecule has 0 aliphatic carbocycles. The number of hydrogen-bond acceptors (Lipinski definition) is 2. The van der Waals surface area contributed by atoms with Gasteiger partial charge in [-0.3, -0.25) is 4.79 Å². The molecule has 0 saturated heterocycles. The molecule has 1 aromatic carbocycles. The number of carbonyl (C=O) groups is 1. The quantitative estimate of drug-likeness (QED) is 0.504. The Morgan fingerprint density at radius 1 is 1.16 bits per heavy atom. The molecule has 1 rings (SSSR count). The Morgan fingerprint density at radius 2 is 1.79 bits per heavy atom. The van der Waals surface area contributed by atoms with Gasteiger partial charge in [0, 0.05) is 19.5 Å². The van der Waals surface area contributed by atoms with E-state index >= 15 is 0 Å². The highest BCUT2D eigenvalue weighted by Crippen LogP contribution is 2.09. The SMILES string of the molecule is C=CCN(CC=C)C(=O)CCCOc1ccccc1. The largest absolute Gasteiger partial charge is 0.494 e. The standard InChI is InChI=1S/C16H21NO2/c1-3-12-17(13-4-2)16(18)11-8-14-19-15-9-6-5-7-10-15/h3-7,9-10H,1-2,8,11-14H2. The Morgan fingerprint density at radius 3 is 2.37 bits per heavy atom. The average molecular weight is 259 g/mol. The summed E-state index contributed by atoms with van der Waals surface area (Å²) in [6, 6.07) is 9.61. The van der Waals surface area contributed by atoms with Crippen molar-refractivity contribution < 1.29 is 9.53 Å². The summed E-state index contributed by atoms with van der Waals surface area (Å²) >= 11 is 0. The van der Waals surface area contributed by atoms with Crippen LogP contribution in [0.1, 0.15) is 12.8 Å². The second-order valence-electron chi connectivity index (χ2n) is 4.14. The van der Waals surface area contributed by atoms with E-state index in [1.54, 1.807) is 17.1 Å². The van der Waals surface area contributed by atoms with E-state index in [0.29, 0.717) is 32.5 Å². The number of nitrogens with zero attached hydrogens (tertiary/aromatic N) is 1. The number of carbonyl (C=O) groups excluding carboxylic acids is 1. The van der Waals surface area contributed by atoms with Crippen LogP contribution in [0.25, 0.3) is 0 Å². The lowest BCUT2D eigenvalue weighted by atomic mass is 10.2. The molecule has 1 aromatic rings. The summed E-state index contributed by atoms with van der Waals surface area (Å²) < 4.78 is 5.55. The van der Waals surface area contributed by atoms with Crippen molar-refractivity contribution in [3.05, 3.63) is 55.6 Å². The maximum Gasteiger partial charge on any atom is 0.223 e. The normalized spacial score (nSPS) is 9.68. The van der Waals surface area contributed by atoms with Gasteiger partial charge in [-0.2, -0.15) is 0 Å². The third-order valence-electron chi connectivity index (χ3n) is 2.60. The molecule has 0 aliphatic heterocycles. The summed E-state index contributed by atoms with van der Waals surface area (Å²) in [6.45, 7) is 8.96. The van der Waals surface area contributed by atoms with Crippen molar-refractivity contribution in [1.82, 2.24) is 4.90 Å². The van der Waals surface area contributed by atoms with Gasteiger partial charge in [-0.25, -0.2) is 0 Å². The topological polar surface area (TPSA) is 29.5 Å². The highest BCUT2D eigenvalue weighted by molar-refractivity contribution is 5.76. The number of amides is 1. The second kappa shape index (κ2) is 8.97. The lowest BCUT2D eigenvalue weighted by Crippen LogP contribution is -2.31. The molecule has 3 heteroatoms. The van der Waals surface area contributed by atoms with E-state index in [2.05, 4.69) is 13.2 Å². The molecule has 0 fully saturated rings. The van der Waals surface area contributed by atoms with Gasteiger partial charge < -0.3 is 9.64 Å². The van der Waals surface area contributed by atoms with Crippen LogP contribution in [0, 0.1) is 0 Å². The smallest absolute Gasteiger partial charge is 0.223 e. The van der Waals surface area contributed by atoms with Crippen molar-refractivity contribution in [2.24, 2.45) is 0 Å². The first-order valence-electron chi connectivity index (χ1n) is 6.45. The van der Waals surface area contributed by atoms with E-state index < -0.39 is 0 Å². The average Bonchev–Trinajstić information content (AvgIpc) is 2.44. The number of benzene rings is 1. The maximum atomic E-state index is 11.9. The van der Waals surface area contributed by atoms with E-state index in [1.165, 1.54) is 0 Å². The molecular formula is C16H21NO2. The van der Waals surface area contributed by atoms with Gasteiger partial charge in [-0.1, -0.05) is 30.4 Å². The number of rotatable bonds is 9. The van der Waals surface area contributed by atoms with E-state index in [4.69, 9.17) is 4.74 Å². The van der Waals surface area contributed by atoms with Crippen LogP contribution < -0.4 is 4.74 Å². The van der Waals surface area contributed by atoms with Crippen LogP contribution in [0.5, 0.6) is 5.75 Å². The fraction of sp³-hybridized carbons (Fsp3) is 0.312. The Kier molecular flexibility index (Phi) is 7.10. The monoisotopic (exact) mass is 259 g/mol. The van der Waals surface area contributed by atoms with Crippen molar-refractivity contribution in [2.75, 3.05) is 19.7 Å². The molecule has 0 spiro atoms. The minimum atomic E-state index is 0.108. The summed E-state index contributed by atoms with van der Waals surface area (Å²) in [4.78, 5) is 13.6. The molecular weight excluding hydrogens is 238 g/mol. The molecule has 0 bridgehead atoms. The van der Waals surface area contributed by atoms with Crippen LogP contribution in [0.3, 0.4) is 0 Å². The zero-order chi connectivity index (χ0) is 13.9. The second-order valence-corrected chi connectivity index (χ2v) is 4.14. The predicted molar refractivity (Wildman–Crippen MR) is 78.1 cm³/mol. The fourth-order valence-electron chi connectivity index (χ4n) is 1.68. The molecule has 0 unspecified atom stereocenters. The molecule has 0 aromatic heterocycles. The zero-order valence-corrected chi connectivity index (χ0v) is 11.3. The molecule has 19 heavy (non-hydrogen) atoms. The maximum absolute atomic E-state index is 11.9. The van der Waals surface area contributed by atoms with E-state index in [-0.39, 0.29) is 5.91 Å². The first kappa shape index (κ1) is 15.0. The van der Waals surface area contributed by atoms with Gasteiger partial charge in [0.2, 0.25) is 5.91 Å². The molecule has 0 radical (unpaired) electrons. The molecule has 3 nitrogen and oxygen atoms in total. The Balaban J connectivity index is 2.25. The van der Waals surface area contributed by atoms with E-state index in [0.717, 1.165) is 5.75 Å². The van der Waals surface area contributed by atoms with Gasteiger partial charge in [-0.05, 0) is 18.6 Å². The van der Waals surface area contributed by atoms with Crippen LogP contribution in [0.4, 0.5) is 0 Å². The van der Waals surface area contributed by atoms with Gasteiger partial charge in [-0.15, -0.1) is 13.2 Å². The Bertz CT molecular complexity index is 390. The lowest BCUT2D eigenvalue weighted by Gasteiger charge is -2.19. The van der Waals surface area contributed by atoms with E-state index in [9.17, 15) is 4.79 Å². The minimum absolute atomic E-state index is 0.108. The van der Waals surface area contributed by atoms with Crippen molar-refractivity contribution >= 4 is 5.91 Å². The van der Waals surface area contributed by atoms with Crippen LogP contribution in [0.15, 0.2) is 55.6 Å². The Labute approximate surface area is 115 Å². The third-order valence-corrected chi connectivity index (χ3v) is 2.60. The van der Waals surface area contributed by atoms with Crippen molar-refractivity contribution in [1.29, 1.82) is 0 Å². The van der Waals surface area contributed by atoms with Gasteiger partial charge in [0.15, 0.2) is 0 Å². The highest BCUT2D eigenvalue weighted by Gasteiger charge is 2.09. The van der Waals surface area contributed by atoms with Crippen LogP contribution in [-0.2, 0) is 4.79 Å². The minimum Gasteiger partial charge on any atom is -0.494 e. The molecule has 102 valence electrons. The molecule has 0 heterocycles. The van der Waals surface area contributed by atoms with Crippen molar-refractivity contribution in [3.63, 3.8) is 0 Å². The first-order valence-corrected chi connectivity index (χ1v) is 6.45. The summed E-state index contributed by atoms with van der Waals surface area (Å²) in [7, 11) is 0. The molecule has 0 saturated carbocycles. The third kappa shape index (κ3) is 5.91. The molecule has 0 aliphatic rings. The van der Waals surface area contributed by atoms with Crippen molar-refractivity contribution in [3.8, 4) is 5.75 Å². The summed E-state index contributed by atoms with van der Waals surface area (Å²) in [6.07, 6.45) is 4.64. The molecule has 0 atom stereocenters. The summed E-state index contributed by atoms with van der Waals surface area (Å²) in [5, 5.41) is 0. The molecule has 1 amide bonds. The van der Waals surface area contributed by atoms with Crippen LogP contribution >= 0.6 is 0 Å². The summed E-state index contributed by atoms with van der Waals surface area (Å²) in [5.41, 5.74) is 0. The zero-order valence-electron chi connectivity index (χ0n) is 11.3.